The van der Waals surface area contributed by atoms with Crippen LogP contribution in [0.25, 0.3) is 27.2 Å². The van der Waals surface area contributed by atoms with Crippen LogP contribution in [0.1, 0.15) is 5.69 Å². The minimum Gasteiger partial charge on any atom is -0.496 e. The fraction of sp³-hybridized carbons (Fsp3) is 0.364. The number of ether oxygens (including phenoxy) is 1. The number of aliphatic hydroxyl groups is 2. The van der Waals surface area contributed by atoms with Gasteiger partial charge in [-0.05, 0) is 24.3 Å². The van der Waals surface area contributed by atoms with E-state index in [9.17, 15) is 15.0 Å². The Kier molecular flexibility index (Phi) is 6.19. The van der Waals surface area contributed by atoms with Gasteiger partial charge in [-0.3, -0.25) is 9.69 Å². The van der Waals surface area contributed by atoms with Crippen molar-refractivity contribution in [3.63, 3.8) is 0 Å². The van der Waals surface area contributed by atoms with Crippen LogP contribution in [0.2, 0.25) is 0 Å². The molecule has 0 spiro atoms. The molecule has 0 amide bonds. The van der Waals surface area contributed by atoms with E-state index in [1.807, 2.05) is 29.2 Å². The fourth-order valence-electron chi connectivity index (χ4n) is 4.13. The lowest BCUT2D eigenvalue weighted by Crippen LogP contribution is -2.29. The number of nitrogens with one attached hydrogen (secondary N) is 1. The van der Waals surface area contributed by atoms with Crippen molar-refractivity contribution in [3.8, 4) is 5.75 Å². The SMILES string of the molecule is COc1cccc2c1c(=O)c1c(NCCN)ccc3c(CN(CCO)CCO)nn2c31. The number of hydrogen-bond acceptors (Lipinski definition) is 8. The van der Waals surface area contributed by atoms with Gasteiger partial charge in [0.1, 0.15) is 5.75 Å². The Balaban J connectivity index is 2.03. The minimum atomic E-state index is -0.126. The van der Waals surface area contributed by atoms with E-state index in [1.54, 1.807) is 17.7 Å². The van der Waals surface area contributed by atoms with Crippen LogP contribution in [0.15, 0.2) is 35.1 Å². The van der Waals surface area contributed by atoms with E-state index in [1.165, 1.54) is 0 Å². The number of pyridine rings is 1. The fourth-order valence-corrected chi connectivity index (χ4v) is 4.13. The summed E-state index contributed by atoms with van der Waals surface area (Å²) < 4.78 is 7.28. The largest absolute Gasteiger partial charge is 0.496 e. The summed E-state index contributed by atoms with van der Waals surface area (Å²) in [5.41, 5.74) is 8.41. The number of aromatic nitrogens is 2. The molecule has 31 heavy (non-hydrogen) atoms. The zero-order chi connectivity index (χ0) is 22.0. The molecule has 4 rings (SSSR count). The molecule has 0 unspecified atom stereocenters. The van der Waals surface area contributed by atoms with Gasteiger partial charge in [-0.2, -0.15) is 5.10 Å². The van der Waals surface area contributed by atoms with Crippen LogP contribution in [-0.4, -0.2) is 71.2 Å². The molecule has 164 valence electrons. The number of benzene rings is 2. The first-order chi connectivity index (χ1) is 15.1. The van der Waals surface area contributed by atoms with Gasteiger partial charge in [0.2, 0.25) is 5.43 Å². The Morgan fingerprint density at radius 3 is 2.61 bits per heavy atom. The molecule has 4 aromatic rings. The average Bonchev–Trinajstić information content (AvgIpc) is 3.14. The average molecular weight is 425 g/mol. The Bertz CT molecular complexity index is 1250. The number of anilines is 1. The molecule has 0 bridgehead atoms. The molecule has 0 fully saturated rings. The summed E-state index contributed by atoms with van der Waals surface area (Å²) in [5, 5.41) is 28.7. The second kappa shape index (κ2) is 9.03. The molecule has 0 saturated heterocycles. The van der Waals surface area contributed by atoms with Crippen LogP contribution in [0.3, 0.4) is 0 Å². The predicted molar refractivity (Wildman–Crippen MR) is 121 cm³/mol. The Morgan fingerprint density at radius 2 is 1.94 bits per heavy atom. The Morgan fingerprint density at radius 1 is 1.16 bits per heavy atom. The van der Waals surface area contributed by atoms with Crippen molar-refractivity contribution in [1.82, 2.24) is 14.5 Å². The molecule has 0 aliphatic rings. The van der Waals surface area contributed by atoms with Gasteiger partial charge in [-0.25, -0.2) is 4.52 Å². The van der Waals surface area contributed by atoms with E-state index >= 15 is 0 Å². The predicted octanol–water partition coefficient (Wildman–Crippen LogP) is 0.604. The van der Waals surface area contributed by atoms with Crippen LogP contribution in [-0.2, 0) is 6.54 Å². The molecule has 0 atom stereocenters. The van der Waals surface area contributed by atoms with Gasteiger partial charge in [-0.1, -0.05) is 6.07 Å². The molecule has 2 aromatic heterocycles. The topological polar surface area (TPSA) is 125 Å². The second-order valence-corrected chi connectivity index (χ2v) is 7.37. The molecule has 9 nitrogen and oxygen atoms in total. The highest BCUT2D eigenvalue weighted by Crippen LogP contribution is 2.33. The molecular formula is C22H27N5O4. The van der Waals surface area contributed by atoms with E-state index in [2.05, 4.69) is 5.32 Å². The quantitative estimate of drug-likeness (QED) is 0.272. The standard InChI is InChI=1S/C22H27N5O4/c1-31-18-4-2-3-17-20(18)22(30)19-15(24-8-7-23)6-5-14-16(25-27(17)21(14)19)13-26(9-11-28)10-12-29/h2-6,24,28-29H,7-13,23H2,1H3. The van der Waals surface area contributed by atoms with E-state index in [0.29, 0.717) is 60.4 Å². The molecule has 9 heteroatoms. The highest BCUT2D eigenvalue weighted by molar-refractivity contribution is 6.09. The smallest absolute Gasteiger partial charge is 0.203 e. The molecule has 5 N–H and O–H groups in total. The molecule has 0 aliphatic carbocycles. The highest BCUT2D eigenvalue weighted by atomic mass is 16.5. The second-order valence-electron chi connectivity index (χ2n) is 7.37. The normalized spacial score (nSPS) is 11.9. The van der Waals surface area contributed by atoms with Gasteiger partial charge < -0.3 is 26.0 Å². The van der Waals surface area contributed by atoms with Crippen molar-refractivity contribution in [2.75, 3.05) is 51.8 Å². The van der Waals surface area contributed by atoms with Crippen molar-refractivity contribution in [2.24, 2.45) is 5.73 Å². The Labute approximate surface area is 179 Å². The van der Waals surface area contributed by atoms with Crippen LogP contribution in [0, 0.1) is 0 Å². The number of nitrogens with zero attached hydrogens (tertiary/aromatic N) is 3. The number of fused-ring (bicyclic) bond motifs is 2. The van der Waals surface area contributed by atoms with Crippen molar-refractivity contribution in [3.05, 3.63) is 46.2 Å². The van der Waals surface area contributed by atoms with Crippen LogP contribution < -0.4 is 21.2 Å². The molecular weight excluding hydrogens is 398 g/mol. The first-order valence-electron chi connectivity index (χ1n) is 10.3. The number of aliphatic hydroxyl groups excluding tert-OH is 2. The van der Waals surface area contributed by atoms with Gasteiger partial charge in [0.25, 0.3) is 0 Å². The maximum absolute atomic E-state index is 13.6. The summed E-state index contributed by atoms with van der Waals surface area (Å²) >= 11 is 0. The van der Waals surface area contributed by atoms with Gasteiger partial charge in [0, 0.05) is 43.8 Å². The maximum atomic E-state index is 13.6. The minimum absolute atomic E-state index is 0.0183. The first kappa shape index (κ1) is 21.3. The van der Waals surface area contributed by atoms with Crippen LogP contribution in [0.5, 0.6) is 5.75 Å². The number of hydrogen-bond donors (Lipinski definition) is 4. The third-order valence-electron chi connectivity index (χ3n) is 5.49. The summed E-state index contributed by atoms with van der Waals surface area (Å²) in [7, 11) is 1.54. The van der Waals surface area contributed by atoms with Gasteiger partial charge in [0.05, 0.1) is 47.8 Å². The summed E-state index contributed by atoms with van der Waals surface area (Å²) in [6.45, 7) is 2.21. The van der Waals surface area contributed by atoms with Crippen molar-refractivity contribution >= 4 is 32.9 Å². The van der Waals surface area contributed by atoms with E-state index in [4.69, 9.17) is 15.6 Å². The zero-order valence-corrected chi connectivity index (χ0v) is 17.5. The summed E-state index contributed by atoms with van der Waals surface area (Å²) in [5.74, 6) is 0.495. The molecule has 2 heterocycles. The van der Waals surface area contributed by atoms with Crippen LogP contribution in [0.4, 0.5) is 5.69 Å². The lowest BCUT2D eigenvalue weighted by molar-refractivity contribution is 0.155. The number of nitrogens with two attached hydrogens (primary N) is 1. The van der Waals surface area contributed by atoms with Crippen molar-refractivity contribution in [1.29, 1.82) is 0 Å². The summed E-state index contributed by atoms with van der Waals surface area (Å²) in [4.78, 5) is 15.6. The first-order valence-corrected chi connectivity index (χ1v) is 10.3. The van der Waals surface area contributed by atoms with E-state index in [0.717, 1.165) is 16.6 Å². The van der Waals surface area contributed by atoms with Crippen molar-refractivity contribution in [2.45, 2.75) is 6.54 Å². The van der Waals surface area contributed by atoms with Crippen LogP contribution >= 0.6 is 0 Å². The van der Waals surface area contributed by atoms with E-state index in [-0.39, 0.29) is 18.6 Å². The van der Waals surface area contributed by atoms with E-state index < -0.39 is 0 Å². The number of methoxy groups -OCH3 is 1. The van der Waals surface area contributed by atoms with Gasteiger partial charge in [0.15, 0.2) is 0 Å². The maximum Gasteiger partial charge on any atom is 0.203 e. The molecule has 2 aromatic carbocycles. The molecule has 0 aliphatic heterocycles. The third-order valence-corrected chi connectivity index (χ3v) is 5.49. The summed E-state index contributed by atoms with van der Waals surface area (Å²) in [6.07, 6.45) is 0. The lowest BCUT2D eigenvalue weighted by Gasteiger charge is -2.18. The monoisotopic (exact) mass is 425 g/mol. The molecule has 0 saturated carbocycles. The number of rotatable bonds is 10. The zero-order valence-electron chi connectivity index (χ0n) is 17.5. The van der Waals surface area contributed by atoms with Gasteiger partial charge >= 0.3 is 0 Å². The van der Waals surface area contributed by atoms with Crippen molar-refractivity contribution < 1.29 is 14.9 Å². The van der Waals surface area contributed by atoms with Gasteiger partial charge in [-0.15, -0.1) is 0 Å². The molecule has 0 radical (unpaired) electrons. The highest BCUT2D eigenvalue weighted by Gasteiger charge is 2.22. The third kappa shape index (κ3) is 3.66. The summed E-state index contributed by atoms with van der Waals surface area (Å²) in [6, 6.07) is 9.29. The Hall–Kier alpha value is -2.98. The lowest BCUT2D eigenvalue weighted by atomic mass is 10.0.